The van der Waals surface area contributed by atoms with Crippen molar-refractivity contribution in [2.45, 2.75) is 32.2 Å². The Morgan fingerprint density at radius 3 is 2.42 bits per heavy atom. The molecule has 0 aliphatic rings. The van der Waals surface area contributed by atoms with Crippen molar-refractivity contribution >= 4 is 22.8 Å². The summed E-state index contributed by atoms with van der Waals surface area (Å²) in [6, 6.07) is 0.0292. The van der Waals surface area contributed by atoms with Crippen LogP contribution in [0.2, 0.25) is 0 Å². The molecule has 3 nitrogen and oxygen atoms in total. The first kappa shape index (κ1) is 14.6. The third-order valence-corrected chi connectivity index (χ3v) is 1.79. The molecule has 0 aliphatic heterocycles. The fraction of sp³-hybridized carbons (Fsp3) is 0.875. The maximum Gasteiger partial charge on any atom is 0.146 e. The molecule has 0 saturated carbocycles. The van der Waals surface area contributed by atoms with Crippen molar-refractivity contribution in [2.24, 2.45) is 5.73 Å². The molecule has 4 heteroatoms. The second-order valence-corrected chi connectivity index (χ2v) is 2.74. The quantitative estimate of drug-likeness (QED) is 0.676. The van der Waals surface area contributed by atoms with Crippen LogP contribution in [-0.4, -0.2) is 25.4 Å². The number of nitrogens with one attached hydrogen (secondary N) is 1. The first-order valence-corrected chi connectivity index (χ1v) is 4.10. The summed E-state index contributed by atoms with van der Waals surface area (Å²) in [7, 11) is 1.81. The minimum absolute atomic E-state index is 0. The summed E-state index contributed by atoms with van der Waals surface area (Å²) in [5.74, 6) is 0.213. The molecule has 1 unspecified atom stereocenters. The van der Waals surface area contributed by atoms with Crippen molar-refractivity contribution in [1.29, 1.82) is 0 Å². The topological polar surface area (TPSA) is 55.1 Å². The number of ketones is 1. The van der Waals surface area contributed by atoms with Crippen molar-refractivity contribution in [3.05, 3.63) is 0 Å². The van der Waals surface area contributed by atoms with E-state index in [0.717, 1.165) is 19.3 Å². The molecule has 0 saturated heterocycles. The van der Waals surface area contributed by atoms with E-state index in [1.165, 1.54) is 0 Å². The van der Waals surface area contributed by atoms with Gasteiger partial charge in [0.2, 0.25) is 0 Å². The minimum Gasteiger partial charge on any atom is -0.330 e. The van der Waals surface area contributed by atoms with E-state index in [0.29, 0.717) is 6.54 Å². The van der Waals surface area contributed by atoms with Gasteiger partial charge in [-0.1, -0.05) is 6.42 Å². The maximum atomic E-state index is 10.9. The van der Waals surface area contributed by atoms with Gasteiger partial charge in [0.15, 0.2) is 0 Å². The van der Waals surface area contributed by atoms with E-state index in [1.807, 2.05) is 7.05 Å². The lowest BCUT2D eigenvalue weighted by Gasteiger charge is -2.11. The van der Waals surface area contributed by atoms with Crippen molar-refractivity contribution in [1.82, 2.24) is 5.32 Å². The van der Waals surface area contributed by atoms with Crippen LogP contribution in [0, 0.1) is 0 Å². The Morgan fingerprint density at radius 1 is 1.50 bits per heavy atom. The minimum atomic E-state index is 0. The number of hydrogen-bond acceptors (Lipinski definition) is 3. The summed E-state index contributed by atoms with van der Waals surface area (Å²) in [5, 5.41) is 2.97. The van der Waals surface area contributed by atoms with Gasteiger partial charge in [-0.05, 0) is 33.4 Å². The number of hydrogen-bond donors (Lipinski definition) is 2. The van der Waals surface area contributed by atoms with Crippen molar-refractivity contribution < 1.29 is 4.79 Å². The maximum absolute atomic E-state index is 10.9. The van der Waals surface area contributed by atoms with E-state index in [2.05, 4.69) is 5.32 Å². The summed E-state index contributed by atoms with van der Waals surface area (Å²) in [6.07, 6.45) is 2.94. The third kappa shape index (κ3) is 6.76. The van der Waals surface area contributed by atoms with Gasteiger partial charge in [0.25, 0.3) is 0 Å². The SMILES string of the molecule is Br.CNC(CCCCN)C(C)=O. The Bertz CT molecular complexity index is 120. The van der Waals surface area contributed by atoms with Crippen LogP contribution in [-0.2, 0) is 4.79 Å². The van der Waals surface area contributed by atoms with Gasteiger partial charge in [-0.3, -0.25) is 4.79 Å². The second kappa shape index (κ2) is 9.16. The van der Waals surface area contributed by atoms with Crippen molar-refractivity contribution in [3.63, 3.8) is 0 Å². The summed E-state index contributed by atoms with van der Waals surface area (Å²) in [4.78, 5) is 10.9. The molecule has 74 valence electrons. The first-order chi connectivity index (χ1) is 5.22. The molecule has 0 amide bonds. The molecule has 0 aliphatic carbocycles. The van der Waals surface area contributed by atoms with Crippen LogP contribution in [0.5, 0.6) is 0 Å². The van der Waals surface area contributed by atoms with Gasteiger partial charge in [-0.25, -0.2) is 0 Å². The highest BCUT2D eigenvalue weighted by atomic mass is 79.9. The van der Waals surface area contributed by atoms with Gasteiger partial charge in [0.05, 0.1) is 6.04 Å². The van der Waals surface area contributed by atoms with Crippen LogP contribution < -0.4 is 11.1 Å². The van der Waals surface area contributed by atoms with Crippen LogP contribution in [0.25, 0.3) is 0 Å². The largest absolute Gasteiger partial charge is 0.330 e. The van der Waals surface area contributed by atoms with Crippen LogP contribution in [0.15, 0.2) is 0 Å². The van der Waals surface area contributed by atoms with Crippen LogP contribution in [0.1, 0.15) is 26.2 Å². The zero-order valence-corrected chi connectivity index (χ0v) is 9.51. The molecule has 0 heterocycles. The number of halogens is 1. The number of unbranched alkanes of at least 4 members (excludes halogenated alkanes) is 1. The van der Waals surface area contributed by atoms with Crippen molar-refractivity contribution in [2.75, 3.05) is 13.6 Å². The molecule has 0 aromatic carbocycles. The molecule has 3 N–H and O–H groups in total. The Balaban J connectivity index is 0. The summed E-state index contributed by atoms with van der Waals surface area (Å²) in [6.45, 7) is 2.33. The number of nitrogens with two attached hydrogens (primary N) is 1. The standard InChI is InChI=1S/C8H18N2O.BrH/c1-7(11)8(10-2)5-3-4-6-9;/h8,10H,3-6,9H2,1-2H3;1H. The molecule has 1 atom stereocenters. The molecular weight excluding hydrogens is 220 g/mol. The predicted molar refractivity (Wildman–Crippen MR) is 56.8 cm³/mol. The Morgan fingerprint density at radius 2 is 2.08 bits per heavy atom. The normalized spacial score (nSPS) is 11.9. The predicted octanol–water partition coefficient (Wildman–Crippen LogP) is 0.870. The van der Waals surface area contributed by atoms with E-state index in [1.54, 1.807) is 6.92 Å². The van der Waals surface area contributed by atoms with Gasteiger partial charge in [0.1, 0.15) is 5.78 Å². The Kier molecular flexibility index (Phi) is 11.1. The molecule has 0 aromatic rings. The molecule has 0 radical (unpaired) electrons. The fourth-order valence-corrected chi connectivity index (χ4v) is 1.04. The molecule has 0 bridgehead atoms. The van der Waals surface area contributed by atoms with E-state index in [4.69, 9.17) is 5.73 Å². The van der Waals surface area contributed by atoms with Crippen molar-refractivity contribution in [3.8, 4) is 0 Å². The zero-order valence-electron chi connectivity index (χ0n) is 7.80. The van der Waals surface area contributed by atoms with E-state index in [9.17, 15) is 4.79 Å². The number of rotatable bonds is 6. The summed E-state index contributed by atoms with van der Waals surface area (Å²) in [5.41, 5.74) is 5.33. The number of carbonyl (C=O) groups excluding carboxylic acids is 1. The van der Waals surface area contributed by atoms with Gasteiger partial charge in [0, 0.05) is 0 Å². The van der Waals surface area contributed by atoms with Crippen LogP contribution >= 0.6 is 17.0 Å². The Labute approximate surface area is 84.9 Å². The lowest BCUT2D eigenvalue weighted by Crippen LogP contribution is -2.32. The summed E-state index contributed by atoms with van der Waals surface area (Å²) < 4.78 is 0. The average Bonchev–Trinajstić information content (AvgIpc) is 1.97. The molecule has 0 spiro atoms. The number of carbonyl (C=O) groups is 1. The van der Waals surface area contributed by atoms with E-state index in [-0.39, 0.29) is 28.8 Å². The molecule has 0 fully saturated rings. The molecular formula is C8H19BrN2O. The average molecular weight is 239 g/mol. The smallest absolute Gasteiger partial charge is 0.146 e. The lowest BCUT2D eigenvalue weighted by atomic mass is 10.1. The number of Topliss-reactive ketones (excluding diaryl/α,β-unsaturated/α-hetero) is 1. The first-order valence-electron chi connectivity index (χ1n) is 4.10. The van der Waals surface area contributed by atoms with E-state index >= 15 is 0 Å². The van der Waals surface area contributed by atoms with Gasteiger partial charge in [-0.15, -0.1) is 17.0 Å². The van der Waals surface area contributed by atoms with Gasteiger partial charge < -0.3 is 11.1 Å². The number of likely N-dealkylation sites (N-methyl/N-ethyl adjacent to an activating group) is 1. The lowest BCUT2D eigenvalue weighted by molar-refractivity contribution is -0.119. The second-order valence-electron chi connectivity index (χ2n) is 2.74. The highest BCUT2D eigenvalue weighted by molar-refractivity contribution is 8.93. The van der Waals surface area contributed by atoms with E-state index < -0.39 is 0 Å². The molecule has 0 aromatic heterocycles. The Hall–Kier alpha value is 0.0700. The van der Waals surface area contributed by atoms with Gasteiger partial charge in [-0.2, -0.15) is 0 Å². The fourth-order valence-electron chi connectivity index (χ4n) is 1.04. The zero-order chi connectivity index (χ0) is 8.69. The monoisotopic (exact) mass is 238 g/mol. The van der Waals surface area contributed by atoms with Gasteiger partial charge >= 0.3 is 0 Å². The highest BCUT2D eigenvalue weighted by Crippen LogP contribution is 2.00. The molecule has 12 heavy (non-hydrogen) atoms. The third-order valence-electron chi connectivity index (χ3n) is 1.79. The van der Waals surface area contributed by atoms with Crippen LogP contribution in [0.3, 0.4) is 0 Å². The van der Waals surface area contributed by atoms with Crippen LogP contribution in [0.4, 0.5) is 0 Å². The highest BCUT2D eigenvalue weighted by Gasteiger charge is 2.09. The summed E-state index contributed by atoms with van der Waals surface area (Å²) >= 11 is 0. The molecule has 0 rings (SSSR count).